The molecule has 0 aromatic carbocycles. The third-order valence-electron chi connectivity index (χ3n) is 4.59. The zero-order chi connectivity index (χ0) is 11.8. The second-order valence-electron chi connectivity index (χ2n) is 5.67. The van der Waals surface area contributed by atoms with E-state index in [1.54, 1.807) is 0 Å². The standard InChI is InChI=1S/C13H21NO3/c15-11-5-4-9-7-14(8-10(9)11)13(16)12-3-1-2-6-17-12/h9-12,15H,1-8H2. The molecule has 4 unspecified atom stereocenters. The third-order valence-corrected chi connectivity index (χ3v) is 4.59. The maximum Gasteiger partial charge on any atom is 0.251 e. The van der Waals surface area contributed by atoms with E-state index in [0.717, 1.165) is 51.8 Å². The Labute approximate surface area is 102 Å². The van der Waals surface area contributed by atoms with Gasteiger partial charge in [-0.2, -0.15) is 0 Å². The van der Waals surface area contributed by atoms with Gasteiger partial charge in [0.1, 0.15) is 6.10 Å². The van der Waals surface area contributed by atoms with Crippen LogP contribution in [-0.4, -0.2) is 47.8 Å². The van der Waals surface area contributed by atoms with Gasteiger partial charge in [0.2, 0.25) is 0 Å². The maximum absolute atomic E-state index is 12.3. The van der Waals surface area contributed by atoms with E-state index in [1.807, 2.05) is 4.90 Å². The van der Waals surface area contributed by atoms with Crippen molar-refractivity contribution in [2.24, 2.45) is 11.8 Å². The molecule has 0 radical (unpaired) electrons. The summed E-state index contributed by atoms with van der Waals surface area (Å²) in [5, 5.41) is 9.84. The first-order chi connectivity index (χ1) is 8.25. The van der Waals surface area contributed by atoms with Crippen LogP contribution in [-0.2, 0) is 9.53 Å². The van der Waals surface area contributed by atoms with Crippen LogP contribution in [0.3, 0.4) is 0 Å². The number of aliphatic hydroxyl groups is 1. The summed E-state index contributed by atoms with van der Waals surface area (Å²) in [5.74, 6) is 1.01. The molecular formula is C13H21NO3. The predicted octanol–water partition coefficient (Wildman–Crippen LogP) is 0.785. The lowest BCUT2D eigenvalue weighted by molar-refractivity contribution is -0.145. The number of nitrogens with zero attached hydrogens (tertiary/aromatic N) is 1. The number of aliphatic hydroxyl groups excluding tert-OH is 1. The van der Waals surface area contributed by atoms with Crippen molar-refractivity contribution < 1.29 is 14.6 Å². The van der Waals surface area contributed by atoms with Crippen molar-refractivity contribution in [3.8, 4) is 0 Å². The predicted molar refractivity (Wildman–Crippen MR) is 62.4 cm³/mol. The fourth-order valence-electron chi connectivity index (χ4n) is 3.56. The number of likely N-dealkylation sites (tertiary alicyclic amines) is 1. The molecule has 2 heterocycles. The number of hydrogen-bond donors (Lipinski definition) is 1. The highest BCUT2D eigenvalue weighted by molar-refractivity contribution is 5.81. The van der Waals surface area contributed by atoms with E-state index in [9.17, 15) is 9.90 Å². The van der Waals surface area contributed by atoms with Crippen LogP contribution < -0.4 is 0 Å². The van der Waals surface area contributed by atoms with E-state index < -0.39 is 0 Å². The summed E-state index contributed by atoms with van der Waals surface area (Å²) in [4.78, 5) is 14.2. The van der Waals surface area contributed by atoms with E-state index >= 15 is 0 Å². The van der Waals surface area contributed by atoms with Gasteiger partial charge in [-0.3, -0.25) is 4.79 Å². The molecule has 3 aliphatic rings. The van der Waals surface area contributed by atoms with Crippen molar-refractivity contribution in [2.45, 2.75) is 44.3 Å². The van der Waals surface area contributed by atoms with Crippen LogP contribution >= 0.6 is 0 Å². The highest BCUT2D eigenvalue weighted by Crippen LogP contribution is 2.38. The van der Waals surface area contributed by atoms with Gasteiger partial charge in [0.05, 0.1) is 6.10 Å². The number of rotatable bonds is 1. The van der Waals surface area contributed by atoms with Crippen molar-refractivity contribution in [3.05, 3.63) is 0 Å². The van der Waals surface area contributed by atoms with Crippen LogP contribution in [0.4, 0.5) is 0 Å². The molecular weight excluding hydrogens is 218 g/mol. The second-order valence-corrected chi connectivity index (χ2v) is 5.67. The molecule has 17 heavy (non-hydrogen) atoms. The second kappa shape index (κ2) is 4.58. The summed E-state index contributed by atoms with van der Waals surface area (Å²) in [7, 11) is 0. The molecule has 1 amide bonds. The van der Waals surface area contributed by atoms with Crippen molar-refractivity contribution >= 4 is 5.91 Å². The van der Waals surface area contributed by atoms with E-state index in [-0.39, 0.29) is 18.1 Å². The van der Waals surface area contributed by atoms with Crippen molar-refractivity contribution in [2.75, 3.05) is 19.7 Å². The molecule has 3 rings (SSSR count). The first-order valence-corrected chi connectivity index (χ1v) is 6.84. The monoisotopic (exact) mass is 239 g/mol. The molecule has 96 valence electrons. The lowest BCUT2D eigenvalue weighted by Crippen LogP contribution is -2.41. The quantitative estimate of drug-likeness (QED) is 0.736. The van der Waals surface area contributed by atoms with Crippen LogP contribution in [0.5, 0.6) is 0 Å². The first kappa shape index (κ1) is 11.5. The molecule has 2 aliphatic heterocycles. The zero-order valence-electron chi connectivity index (χ0n) is 10.2. The zero-order valence-corrected chi connectivity index (χ0v) is 10.2. The fraction of sp³-hybridized carbons (Fsp3) is 0.923. The Kier molecular flexibility index (Phi) is 3.09. The Morgan fingerprint density at radius 1 is 1.18 bits per heavy atom. The van der Waals surface area contributed by atoms with E-state index in [1.165, 1.54) is 0 Å². The third kappa shape index (κ3) is 2.08. The summed E-state index contributed by atoms with van der Waals surface area (Å²) < 4.78 is 5.55. The number of hydrogen-bond acceptors (Lipinski definition) is 3. The number of fused-ring (bicyclic) bond motifs is 1. The Hall–Kier alpha value is -0.610. The molecule has 3 fully saturated rings. The summed E-state index contributed by atoms with van der Waals surface area (Å²) in [6, 6.07) is 0. The number of carbonyl (C=O) groups excluding carboxylic acids is 1. The minimum atomic E-state index is -0.209. The lowest BCUT2D eigenvalue weighted by atomic mass is 10.00. The van der Waals surface area contributed by atoms with Crippen LogP contribution in [0.2, 0.25) is 0 Å². The van der Waals surface area contributed by atoms with E-state index in [2.05, 4.69) is 0 Å². The average Bonchev–Trinajstić information content (AvgIpc) is 2.92. The maximum atomic E-state index is 12.3. The van der Waals surface area contributed by atoms with Crippen molar-refractivity contribution in [3.63, 3.8) is 0 Å². The van der Waals surface area contributed by atoms with Gasteiger partial charge < -0.3 is 14.7 Å². The minimum absolute atomic E-state index is 0.159. The molecule has 0 bridgehead atoms. The Morgan fingerprint density at radius 3 is 2.76 bits per heavy atom. The summed E-state index contributed by atoms with van der Waals surface area (Å²) in [5.41, 5.74) is 0. The van der Waals surface area contributed by atoms with Gasteiger partial charge in [-0.1, -0.05) is 0 Å². The van der Waals surface area contributed by atoms with Gasteiger partial charge >= 0.3 is 0 Å². The molecule has 0 aromatic heterocycles. The van der Waals surface area contributed by atoms with E-state index in [0.29, 0.717) is 11.8 Å². The highest BCUT2D eigenvalue weighted by Gasteiger charge is 2.44. The van der Waals surface area contributed by atoms with Gasteiger partial charge in [-0.05, 0) is 38.0 Å². The SMILES string of the molecule is O=C(C1CCCCO1)N1CC2CCC(O)C2C1. The van der Waals surface area contributed by atoms with Crippen LogP contribution in [0.1, 0.15) is 32.1 Å². The summed E-state index contributed by atoms with van der Waals surface area (Å²) in [6.07, 6.45) is 4.63. The van der Waals surface area contributed by atoms with Crippen LogP contribution in [0.15, 0.2) is 0 Å². The minimum Gasteiger partial charge on any atom is -0.393 e. The molecule has 0 spiro atoms. The number of ether oxygens (including phenoxy) is 1. The summed E-state index contributed by atoms with van der Waals surface area (Å²) >= 11 is 0. The van der Waals surface area contributed by atoms with Crippen molar-refractivity contribution in [1.82, 2.24) is 4.90 Å². The van der Waals surface area contributed by atoms with Gasteiger partial charge in [-0.15, -0.1) is 0 Å². The Morgan fingerprint density at radius 2 is 2.06 bits per heavy atom. The normalized spacial score (nSPS) is 41.6. The lowest BCUT2D eigenvalue weighted by Gasteiger charge is -2.27. The smallest absolute Gasteiger partial charge is 0.251 e. The molecule has 4 atom stereocenters. The number of carbonyl (C=O) groups is 1. The largest absolute Gasteiger partial charge is 0.393 e. The molecule has 2 saturated heterocycles. The van der Waals surface area contributed by atoms with Gasteiger partial charge in [0.25, 0.3) is 5.91 Å². The summed E-state index contributed by atoms with van der Waals surface area (Å²) in [6.45, 7) is 2.30. The molecule has 1 N–H and O–H groups in total. The van der Waals surface area contributed by atoms with E-state index in [4.69, 9.17) is 4.74 Å². The fourth-order valence-corrected chi connectivity index (χ4v) is 3.56. The molecule has 0 aromatic rings. The highest BCUT2D eigenvalue weighted by atomic mass is 16.5. The van der Waals surface area contributed by atoms with Crippen LogP contribution in [0, 0.1) is 11.8 Å². The number of amides is 1. The molecule has 4 heteroatoms. The first-order valence-electron chi connectivity index (χ1n) is 6.84. The molecule has 1 aliphatic carbocycles. The van der Waals surface area contributed by atoms with Gasteiger partial charge in [0, 0.05) is 25.6 Å². The van der Waals surface area contributed by atoms with Gasteiger partial charge in [0.15, 0.2) is 0 Å². The average molecular weight is 239 g/mol. The Balaban J connectivity index is 1.60. The van der Waals surface area contributed by atoms with Crippen LogP contribution in [0.25, 0.3) is 0 Å². The Bertz CT molecular complexity index is 301. The van der Waals surface area contributed by atoms with Gasteiger partial charge in [-0.25, -0.2) is 0 Å². The topological polar surface area (TPSA) is 49.8 Å². The molecule has 1 saturated carbocycles. The molecule has 4 nitrogen and oxygen atoms in total. The van der Waals surface area contributed by atoms with Crippen molar-refractivity contribution in [1.29, 1.82) is 0 Å².